The number of nitrogens with two attached hydrogens (primary N) is 2. The standard InChI is InChI=1S/C9H11N3O3/c1-4-2-3-5(12-9(11)15)7(13)6(4)8(10)14/h2-3,13H,1H3,(H2,10,14)(H3,11,12,15). The summed E-state index contributed by atoms with van der Waals surface area (Å²) in [5.41, 5.74) is 10.5. The second-order valence-electron chi connectivity index (χ2n) is 3.01. The molecule has 80 valence electrons. The molecule has 3 amide bonds. The molecule has 0 aliphatic heterocycles. The van der Waals surface area contributed by atoms with Gasteiger partial charge in [0.25, 0.3) is 5.91 Å². The normalized spacial score (nSPS) is 9.67. The summed E-state index contributed by atoms with van der Waals surface area (Å²) < 4.78 is 0. The highest BCUT2D eigenvalue weighted by Crippen LogP contribution is 2.29. The fourth-order valence-corrected chi connectivity index (χ4v) is 1.24. The van der Waals surface area contributed by atoms with Gasteiger partial charge in [-0.3, -0.25) is 4.79 Å². The lowest BCUT2D eigenvalue weighted by Gasteiger charge is -2.09. The maximum Gasteiger partial charge on any atom is 0.316 e. The van der Waals surface area contributed by atoms with Crippen LogP contribution in [0.1, 0.15) is 15.9 Å². The molecule has 0 bridgehead atoms. The Morgan fingerprint density at radius 2 is 1.93 bits per heavy atom. The zero-order valence-corrected chi connectivity index (χ0v) is 8.07. The van der Waals surface area contributed by atoms with E-state index >= 15 is 0 Å². The van der Waals surface area contributed by atoms with Gasteiger partial charge in [0.15, 0.2) is 5.75 Å². The Morgan fingerprint density at radius 3 is 2.40 bits per heavy atom. The Kier molecular flexibility index (Phi) is 2.80. The zero-order valence-electron chi connectivity index (χ0n) is 8.07. The molecule has 0 aromatic heterocycles. The van der Waals surface area contributed by atoms with Gasteiger partial charge in [0, 0.05) is 0 Å². The van der Waals surface area contributed by atoms with Crippen molar-refractivity contribution in [2.75, 3.05) is 5.32 Å². The number of benzene rings is 1. The Hall–Kier alpha value is -2.24. The summed E-state index contributed by atoms with van der Waals surface area (Å²) in [6.45, 7) is 1.62. The van der Waals surface area contributed by atoms with E-state index in [0.29, 0.717) is 5.56 Å². The minimum atomic E-state index is -0.829. The average molecular weight is 209 g/mol. The number of rotatable bonds is 2. The second kappa shape index (κ2) is 3.87. The smallest absolute Gasteiger partial charge is 0.316 e. The number of aryl methyl sites for hydroxylation is 1. The average Bonchev–Trinajstić information content (AvgIpc) is 2.09. The van der Waals surface area contributed by atoms with E-state index in [2.05, 4.69) is 5.32 Å². The van der Waals surface area contributed by atoms with Crippen molar-refractivity contribution in [1.29, 1.82) is 0 Å². The van der Waals surface area contributed by atoms with Crippen molar-refractivity contribution in [2.24, 2.45) is 11.5 Å². The number of urea groups is 1. The topological polar surface area (TPSA) is 118 Å². The van der Waals surface area contributed by atoms with Crippen molar-refractivity contribution in [2.45, 2.75) is 6.92 Å². The van der Waals surface area contributed by atoms with Crippen molar-refractivity contribution in [1.82, 2.24) is 0 Å². The van der Waals surface area contributed by atoms with E-state index in [9.17, 15) is 14.7 Å². The van der Waals surface area contributed by atoms with E-state index in [0.717, 1.165) is 0 Å². The third kappa shape index (κ3) is 2.16. The van der Waals surface area contributed by atoms with Crippen LogP contribution in [0.4, 0.5) is 10.5 Å². The number of hydrogen-bond acceptors (Lipinski definition) is 3. The van der Waals surface area contributed by atoms with E-state index < -0.39 is 11.9 Å². The molecule has 0 atom stereocenters. The predicted octanol–water partition coefficient (Wildman–Crippen LogP) is 0.290. The molecule has 0 saturated carbocycles. The lowest BCUT2D eigenvalue weighted by atomic mass is 10.1. The lowest BCUT2D eigenvalue weighted by molar-refractivity contribution is 0.0997. The second-order valence-corrected chi connectivity index (χ2v) is 3.01. The highest BCUT2D eigenvalue weighted by atomic mass is 16.3. The molecule has 1 aromatic carbocycles. The van der Waals surface area contributed by atoms with Gasteiger partial charge in [0.05, 0.1) is 11.3 Å². The van der Waals surface area contributed by atoms with Crippen LogP contribution in [0.25, 0.3) is 0 Å². The predicted molar refractivity (Wildman–Crippen MR) is 54.6 cm³/mol. The molecule has 0 aliphatic carbocycles. The maximum atomic E-state index is 11.0. The number of amides is 3. The van der Waals surface area contributed by atoms with E-state index in [1.807, 2.05) is 0 Å². The van der Waals surface area contributed by atoms with Crippen molar-refractivity contribution < 1.29 is 14.7 Å². The molecule has 1 aromatic rings. The Labute approximate surface area is 85.9 Å². The van der Waals surface area contributed by atoms with Gasteiger partial charge in [-0.05, 0) is 18.6 Å². The molecule has 15 heavy (non-hydrogen) atoms. The van der Waals surface area contributed by atoms with Gasteiger partial charge >= 0.3 is 6.03 Å². The van der Waals surface area contributed by atoms with Crippen molar-refractivity contribution >= 4 is 17.6 Å². The molecular formula is C9H11N3O3. The van der Waals surface area contributed by atoms with Crippen LogP contribution in [-0.4, -0.2) is 17.0 Å². The van der Waals surface area contributed by atoms with Gasteiger partial charge in [-0.25, -0.2) is 4.79 Å². The molecule has 0 unspecified atom stereocenters. The number of phenols is 1. The number of nitrogens with one attached hydrogen (secondary N) is 1. The van der Waals surface area contributed by atoms with E-state index in [-0.39, 0.29) is 17.0 Å². The summed E-state index contributed by atoms with van der Waals surface area (Å²) >= 11 is 0. The summed E-state index contributed by atoms with van der Waals surface area (Å²) in [4.78, 5) is 21.6. The number of anilines is 1. The van der Waals surface area contributed by atoms with Crippen LogP contribution in [0.2, 0.25) is 0 Å². The van der Waals surface area contributed by atoms with Crippen LogP contribution in [0, 0.1) is 6.92 Å². The number of carbonyl (C=O) groups is 2. The molecule has 0 spiro atoms. The lowest BCUT2D eigenvalue weighted by Crippen LogP contribution is -2.20. The summed E-state index contributed by atoms with van der Waals surface area (Å²) in [5.74, 6) is -1.14. The largest absolute Gasteiger partial charge is 0.505 e. The molecule has 6 nitrogen and oxygen atoms in total. The van der Waals surface area contributed by atoms with Crippen LogP contribution in [-0.2, 0) is 0 Å². The van der Waals surface area contributed by atoms with E-state index in [1.165, 1.54) is 6.07 Å². The quantitative estimate of drug-likeness (QED) is 0.524. The molecule has 6 heteroatoms. The van der Waals surface area contributed by atoms with Gasteiger partial charge in [0.1, 0.15) is 0 Å². The van der Waals surface area contributed by atoms with E-state index in [4.69, 9.17) is 11.5 Å². The molecule has 0 radical (unpaired) electrons. The first kappa shape index (κ1) is 10.8. The summed E-state index contributed by atoms with van der Waals surface area (Å²) in [7, 11) is 0. The van der Waals surface area contributed by atoms with Crippen LogP contribution >= 0.6 is 0 Å². The summed E-state index contributed by atoms with van der Waals surface area (Å²) in [5, 5.41) is 11.8. The van der Waals surface area contributed by atoms with Crippen molar-refractivity contribution in [3.05, 3.63) is 23.3 Å². The van der Waals surface area contributed by atoms with Crippen molar-refractivity contribution in [3.8, 4) is 5.75 Å². The molecule has 1 rings (SSSR count). The minimum Gasteiger partial charge on any atom is -0.505 e. The molecule has 6 N–H and O–H groups in total. The first-order chi connectivity index (χ1) is 6.93. The van der Waals surface area contributed by atoms with Crippen LogP contribution < -0.4 is 16.8 Å². The highest BCUT2D eigenvalue weighted by Gasteiger charge is 2.15. The van der Waals surface area contributed by atoms with Gasteiger partial charge in [-0.1, -0.05) is 6.07 Å². The third-order valence-electron chi connectivity index (χ3n) is 1.89. The van der Waals surface area contributed by atoms with Gasteiger partial charge in [-0.2, -0.15) is 0 Å². The first-order valence-electron chi connectivity index (χ1n) is 4.12. The monoisotopic (exact) mass is 209 g/mol. The maximum absolute atomic E-state index is 11.0. The minimum absolute atomic E-state index is 0.0266. The van der Waals surface area contributed by atoms with E-state index in [1.54, 1.807) is 13.0 Å². The third-order valence-corrected chi connectivity index (χ3v) is 1.89. The number of hydrogen-bond donors (Lipinski definition) is 4. The Balaban J connectivity index is 3.28. The van der Waals surface area contributed by atoms with Gasteiger partial charge in [-0.15, -0.1) is 0 Å². The first-order valence-corrected chi connectivity index (χ1v) is 4.12. The number of primary amides is 2. The summed E-state index contributed by atoms with van der Waals surface area (Å²) in [6, 6.07) is 2.15. The Bertz CT molecular complexity index is 429. The van der Waals surface area contributed by atoms with Crippen LogP contribution in [0.5, 0.6) is 5.75 Å². The molecule has 0 heterocycles. The molecule has 0 saturated heterocycles. The number of aromatic hydroxyl groups is 1. The fraction of sp³-hybridized carbons (Fsp3) is 0.111. The fourth-order valence-electron chi connectivity index (χ4n) is 1.24. The SMILES string of the molecule is Cc1ccc(NC(N)=O)c(O)c1C(N)=O. The number of carbonyl (C=O) groups excluding carboxylic acids is 2. The summed E-state index contributed by atoms with van der Waals surface area (Å²) in [6.07, 6.45) is 0. The molecule has 0 fully saturated rings. The van der Waals surface area contributed by atoms with Crippen molar-refractivity contribution in [3.63, 3.8) is 0 Å². The molecule has 0 aliphatic rings. The van der Waals surface area contributed by atoms with Gasteiger partial charge < -0.3 is 21.9 Å². The Morgan fingerprint density at radius 1 is 1.33 bits per heavy atom. The van der Waals surface area contributed by atoms with Crippen LogP contribution in [0.15, 0.2) is 12.1 Å². The van der Waals surface area contributed by atoms with Crippen LogP contribution in [0.3, 0.4) is 0 Å². The van der Waals surface area contributed by atoms with Gasteiger partial charge in [0.2, 0.25) is 0 Å². The zero-order chi connectivity index (χ0) is 11.6. The highest BCUT2D eigenvalue weighted by molar-refractivity contribution is 6.01. The molecular weight excluding hydrogens is 198 g/mol.